The van der Waals surface area contributed by atoms with Gasteiger partial charge in [0.15, 0.2) is 0 Å². The van der Waals surface area contributed by atoms with Gasteiger partial charge in [0.25, 0.3) is 6.71 Å². The number of fused-ring (bicyclic) bond motifs is 10. The predicted octanol–water partition coefficient (Wildman–Crippen LogP) is 19.2. The summed E-state index contributed by atoms with van der Waals surface area (Å²) in [5.41, 5.74) is 32.2. The minimum atomic E-state index is -0.178. The Labute approximate surface area is 485 Å². The molecule has 0 atom stereocenters. The van der Waals surface area contributed by atoms with Crippen LogP contribution in [0.1, 0.15) is 191 Å². The van der Waals surface area contributed by atoms with Gasteiger partial charge >= 0.3 is 0 Å². The molecule has 410 valence electrons. The largest absolute Gasteiger partial charge is 0.311 e. The molecule has 0 unspecified atom stereocenters. The van der Waals surface area contributed by atoms with E-state index in [-0.39, 0.29) is 44.6 Å². The summed E-state index contributed by atoms with van der Waals surface area (Å²) in [6, 6.07) is 58.3. The van der Waals surface area contributed by atoms with Gasteiger partial charge in [-0.15, -0.1) is 0 Å². The molecule has 2 aliphatic heterocycles. The Morgan fingerprint density at radius 1 is 0.358 bits per heavy atom. The van der Waals surface area contributed by atoms with Crippen LogP contribution in [0.15, 0.2) is 146 Å². The van der Waals surface area contributed by atoms with Crippen LogP contribution in [0.3, 0.4) is 0 Å². The lowest BCUT2D eigenvalue weighted by Gasteiger charge is -2.49. The van der Waals surface area contributed by atoms with Gasteiger partial charge in [-0.1, -0.05) is 188 Å². The normalized spacial score (nSPS) is 19.9. The van der Waals surface area contributed by atoms with Gasteiger partial charge in [-0.05, 0) is 217 Å². The summed E-state index contributed by atoms with van der Waals surface area (Å²) < 4.78 is 0. The van der Waals surface area contributed by atoms with E-state index < -0.39 is 0 Å². The fourth-order valence-electron chi connectivity index (χ4n) is 16.4. The average Bonchev–Trinajstić information content (AvgIpc) is 3.80. The Kier molecular flexibility index (Phi) is 11.1. The second-order valence-corrected chi connectivity index (χ2v) is 30.2. The topological polar surface area (TPSA) is 9.72 Å². The summed E-state index contributed by atoms with van der Waals surface area (Å²) in [6.45, 7) is 39.4. The van der Waals surface area contributed by atoms with Crippen LogP contribution in [0.2, 0.25) is 0 Å². The third-order valence-corrected chi connectivity index (χ3v) is 21.9. The van der Waals surface area contributed by atoms with Crippen LogP contribution in [-0.4, -0.2) is 6.71 Å². The van der Waals surface area contributed by atoms with Crippen LogP contribution >= 0.6 is 0 Å². The lowest BCUT2D eigenvalue weighted by atomic mass is 9.32. The summed E-state index contributed by atoms with van der Waals surface area (Å²) in [7, 11) is 0. The van der Waals surface area contributed by atoms with E-state index in [1.807, 2.05) is 0 Å². The van der Waals surface area contributed by atoms with Crippen molar-refractivity contribution in [2.45, 2.75) is 187 Å². The second kappa shape index (κ2) is 17.2. The molecular formula is C77H84BN3. The van der Waals surface area contributed by atoms with Crippen molar-refractivity contribution in [3.8, 4) is 11.1 Å². The first-order valence-corrected chi connectivity index (χ1v) is 30.7. The number of anilines is 9. The van der Waals surface area contributed by atoms with Crippen molar-refractivity contribution >= 4 is 74.3 Å². The molecule has 0 bridgehead atoms. The van der Waals surface area contributed by atoms with Crippen LogP contribution in [0.5, 0.6) is 0 Å². The van der Waals surface area contributed by atoms with Gasteiger partial charge in [-0.3, -0.25) is 0 Å². The molecule has 0 amide bonds. The van der Waals surface area contributed by atoms with E-state index in [0.717, 1.165) is 37.8 Å². The van der Waals surface area contributed by atoms with Crippen LogP contribution in [-0.2, 0) is 37.9 Å². The Balaban J connectivity index is 1.19. The van der Waals surface area contributed by atoms with E-state index in [9.17, 15) is 0 Å². The number of hydrogen-bond donors (Lipinski definition) is 0. The van der Waals surface area contributed by atoms with E-state index in [1.54, 1.807) is 0 Å². The lowest BCUT2D eigenvalue weighted by Crippen LogP contribution is -2.62. The van der Waals surface area contributed by atoms with Gasteiger partial charge < -0.3 is 14.7 Å². The fourth-order valence-corrected chi connectivity index (χ4v) is 16.4. The molecule has 6 aliphatic rings. The van der Waals surface area contributed by atoms with Gasteiger partial charge in [0.1, 0.15) is 0 Å². The zero-order chi connectivity index (χ0) is 56.9. The zero-order valence-electron chi connectivity index (χ0n) is 51.5. The molecule has 3 nitrogen and oxygen atoms in total. The SMILES string of the molecule is Cc1ccccc1N(c1cc2c3c(c1)N(c1cccc4c1-c1ccccc1C4(C)C)c1cc4c(cc1B3c1cc3c(cc1N2c1ccc2c(c1)C(C)(C)CCC2(C)C)C(C)(C)CCC3(C)C)C(C)(C)CCC4(C)C)c1ccccc1C. The van der Waals surface area contributed by atoms with E-state index >= 15 is 0 Å². The van der Waals surface area contributed by atoms with E-state index in [4.69, 9.17) is 0 Å². The Morgan fingerprint density at radius 2 is 0.790 bits per heavy atom. The highest BCUT2D eigenvalue weighted by Crippen LogP contribution is 2.59. The summed E-state index contributed by atoms with van der Waals surface area (Å²) in [4.78, 5) is 8.13. The molecular weight excluding hydrogens is 978 g/mol. The smallest absolute Gasteiger partial charge is 0.252 e. The first kappa shape index (κ1) is 52.3. The molecule has 0 radical (unpaired) electrons. The fraction of sp³-hybridized carbons (Fsp3) is 0.377. The molecule has 2 heterocycles. The van der Waals surface area contributed by atoms with Crippen LogP contribution in [0, 0.1) is 13.8 Å². The molecule has 0 spiro atoms. The van der Waals surface area contributed by atoms with Crippen molar-refractivity contribution in [1.29, 1.82) is 0 Å². The Morgan fingerprint density at radius 3 is 1.32 bits per heavy atom. The maximum absolute atomic E-state index is 2.78. The molecule has 14 rings (SSSR count). The Bertz CT molecular complexity index is 3940. The van der Waals surface area contributed by atoms with Crippen molar-refractivity contribution in [3.63, 3.8) is 0 Å². The first-order valence-electron chi connectivity index (χ1n) is 30.7. The highest BCUT2D eigenvalue weighted by molar-refractivity contribution is 7.00. The number of aryl methyl sites for hydroxylation is 2. The molecule has 8 aromatic carbocycles. The van der Waals surface area contributed by atoms with Crippen molar-refractivity contribution in [2.24, 2.45) is 0 Å². The Hall–Kier alpha value is -6.78. The average molecular weight is 1060 g/mol. The zero-order valence-corrected chi connectivity index (χ0v) is 51.5. The minimum Gasteiger partial charge on any atom is -0.311 e. The summed E-state index contributed by atoms with van der Waals surface area (Å²) in [5, 5.41) is 0. The third-order valence-electron chi connectivity index (χ3n) is 21.9. The summed E-state index contributed by atoms with van der Waals surface area (Å²) in [6.07, 6.45) is 6.95. The maximum Gasteiger partial charge on any atom is 0.252 e. The van der Waals surface area contributed by atoms with Crippen molar-refractivity contribution in [3.05, 3.63) is 201 Å². The van der Waals surface area contributed by atoms with Gasteiger partial charge in [0.05, 0.1) is 11.4 Å². The van der Waals surface area contributed by atoms with Gasteiger partial charge in [0, 0.05) is 50.8 Å². The third kappa shape index (κ3) is 7.52. The second-order valence-electron chi connectivity index (χ2n) is 30.2. The molecule has 8 aromatic rings. The van der Waals surface area contributed by atoms with Crippen LogP contribution in [0.4, 0.5) is 51.2 Å². The van der Waals surface area contributed by atoms with Gasteiger partial charge in [-0.25, -0.2) is 0 Å². The van der Waals surface area contributed by atoms with Gasteiger partial charge in [-0.2, -0.15) is 0 Å². The molecule has 0 N–H and O–H groups in total. The van der Waals surface area contributed by atoms with Crippen molar-refractivity contribution in [1.82, 2.24) is 0 Å². The van der Waals surface area contributed by atoms with E-state index in [2.05, 4.69) is 271 Å². The maximum atomic E-state index is 2.78. The molecule has 0 aromatic heterocycles. The quantitative estimate of drug-likeness (QED) is 0.159. The number of benzene rings is 8. The molecule has 4 aliphatic carbocycles. The molecule has 0 saturated carbocycles. The standard InChI is InChI=1S/C77H84BN3/c1-47-24-17-21-29-62(47)80(63-30-22-18-25-48(63)2)50-41-67-70-68(42-50)81(64-31-23-28-54-69(64)51-26-19-20-27-52(51)77(54,15)16)66-46-59-57(74(9,10)37-39-76(59,13)14)44-61(66)78(70)60-43-56-58(75(11,12)38-36-73(56,7)8)45-65(60)79(67)49-32-33-53-55(40-49)72(5,6)35-34-71(53,3)4/h17-33,40-46H,34-39H2,1-16H3. The van der Waals surface area contributed by atoms with Crippen molar-refractivity contribution in [2.75, 3.05) is 14.7 Å². The number of hydrogen-bond acceptors (Lipinski definition) is 3. The number of rotatable bonds is 5. The molecule has 0 fully saturated rings. The predicted molar refractivity (Wildman–Crippen MR) is 348 cm³/mol. The van der Waals surface area contributed by atoms with E-state index in [0.29, 0.717) is 0 Å². The lowest BCUT2D eigenvalue weighted by molar-refractivity contribution is 0.332. The van der Waals surface area contributed by atoms with Crippen molar-refractivity contribution < 1.29 is 0 Å². The van der Waals surface area contributed by atoms with E-state index in [1.165, 1.54) is 135 Å². The molecule has 81 heavy (non-hydrogen) atoms. The number of nitrogens with zero attached hydrogens (tertiary/aromatic N) is 3. The molecule has 0 saturated heterocycles. The summed E-state index contributed by atoms with van der Waals surface area (Å²) >= 11 is 0. The highest BCUT2D eigenvalue weighted by Gasteiger charge is 2.50. The number of para-hydroxylation sites is 2. The monoisotopic (exact) mass is 1060 g/mol. The molecule has 4 heteroatoms. The van der Waals surface area contributed by atoms with Gasteiger partial charge in [0.2, 0.25) is 0 Å². The van der Waals surface area contributed by atoms with Crippen LogP contribution in [0.25, 0.3) is 11.1 Å². The minimum absolute atomic E-state index is 0.000878. The van der Waals surface area contributed by atoms with Crippen LogP contribution < -0.4 is 31.1 Å². The highest BCUT2D eigenvalue weighted by atomic mass is 15.2. The first-order chi connectivity index (χ1) is 38.2. The summed E-state index contributed by atoms with van der Waals surface area (Å²) in [5.74, 6) is 0.